The summed E-state index contributed by atoms with van der Waals surface area (Å²) in [6, 6.07) is 7.90. The molecule has 168 valence electrons. The highest BCUT2D eigenvalue weighted by atomic mass is 35.5. The molecule has 0 radical (unpaired) electrons. The molecule has 6 nitrogen and oxygen atoms in total. The molecule has 11 heteroatoms. The first-order chi connectivity index (χ1) is 14.4. The number of anilines is 1. The van der Waals surface area contributed by atoms with Crippen molar-refractivity contribution in [3.8, 4) is 0 Å². The van der Waals surface area contributed by atoms with E-state index in [0.29, 0.717) is 25.2 Å². The van der Waals surface area contributed by atoms with Crippen LogP contribution in [0.15, 0.2) is 47.4 Å². The van der Waals surface area contributed by atoms with E-state index in [1.54, 1.807) is 11.0 Å². The van der Waals surface area contributed by atoms with Crippen LogP contribution in [0.2, 0.25) is 5.02 Å². The average molecular weight is 477 g/mol. The molecule has 1 fully saturated rings. The Kier molecular flexibility index (Phi) is 6.54. The maximum atomic E-state index is 13.0. The van der Waals surface area contributed by atoms with Gasteiger partial charge >= 0.3 is 6.18 Å². The van der Waals surface area contributed by atoms with E-state index in [-0.39, 0.29) is 28.5 Å². The number of nitrogens with zero attached hydrogens (tertiary/aromatic N) is 1. The zero-order valence-electron chi connectivity index (χ0n) is 16.6. The summed E-state index contributed by atoms with van der Waals surface area (Å²) in [5.41, 5.74) is -1.15. The van der Waals surface area contributed by atoms with Crippen molar-refractivity contribution in [3.63, 3.8) is 0 Å². The normalized spacial score (nSPS) is 19.9. The van der Waals surface area contributed by atoms with E-state index in [9.17, 15) is 26.4 Å². The van der Waals surface area contributed by atoms with Gasteiger partial charge in [-0.15, -0.1) is 0 Å². The summed E-state index contributed by atoms with van der Waals surface area (Å²) >= 11 is 5.88. The number of amides is 1. The number of nitrogens with one attached hydrogen (secondary N) is 1. The van der Waals surface area contributed by atoms with Gasteiger partial charge in [-0.1, -0.05) is 23.7 Å². The van der Waals surface area contributed by atoms with Gasteiger partial charge in [0.15, 0.2) is 0 Å². The van der Waals surface area contributed by atoms with E-state index < -0.39 is 32.6 Å². The first-order valence-electron chi connectivity index (χ1n) is 9.32. The molecule has 3 rings (SSSR count). The van der Waals surface area contributed by atoms with Gasteiger partial charge in [0.05, 0.1) is 34.0 Å². The van der Waals surface area contributed by atoms with Crippen molar-refractivity contribution in [3.05, 3.63) is 58.6 Å². The van der Waals surface area contributed by atoms with Gasteiger partial charge in [0, 0.05) is 13.1 Å². The van der Waals surface area contributed by atoms with Gasteiger partial charge in [-0.3, -0.25) is 9.52 Å². The minimum absolute atomic E-state index is 0.0622. The van der Waals surface area contributed by atoms with Crippen molar-refractivity contribution in [2.45, 2.75) is 37.1 Å². The van der Waals surface area contributed by atoms with Crippen LogP contribution >= 0.6 is 11.6 Å². The Labute approximate surface area is 183 Å². The van der Waals surface area contributed by atoms with Crippen molar-refractivity contribution < 1.29 is 31.1 Å². The Hall–Kier alpha value is -2.30. The number of hydrogen-bond donors (Lipinski definition) is 1. The summed E-state index contributed by atoms with van der Waals surface area (Å²) in [6.07, 6.45) is -5.13. The number of carbonyl (C=O) groups is 1. The third-order valence-corrected chi connectivity index (χ3v) is 6.50. The second kappa shape index (κ2) is 8.68. The van der Waals surface area contributed by atoms with Gasteiger partial charge in [0.25, 0.3) is 15.9 Å². The molecule has 0 bridgehead atoms. The van der Waals surface area contributed by atoms with E-state index in [1.165, 1.54) is 18.2 Å². The monoisotopic (exact) mass is 476 g/mol. The molecule has 1 saturated heterocycles. The van der Waals surface area contributed by atoms with Crippen LogP contribution in [0.5, 0.6) is 0 Å². The van der Waals surface area contributed by atoms with Crippen LogP contribution in [0.4, 0.5) is 18.9 Å². The first-order valence-corrected chi connectivity index (χ1v) is 11.2. The van der Waals surface area contributed by atoms with Crippen LogP contribution in [0.25, 0.3) is 0 Å². The molecule has 1 heterocycles. The molecule has 1 aliphatic rings. The fraction of sp³-hybridized carbons (Fsp3) is 0.350. The number of morpholine rings is 1. The summed E-state index contributed by atoms with van der Waals surface area (Å²) < 4.78 is 72.6. The van der Waals surface area contributed by atoms with Crippen molar-refractivity contribution in [1.29, 1.82) is 0 Å². The minimum atomic E-state index is -4.74. The maximum absolute atomic E-state index is 13.0. The van der Waals surface area contributed by atoms with Crippen LogP contribution in [0, 0.1) is 0 Å². The second-order valence-electron chi connectivity index (χ2n) is 7.26. The summed E-state index contributed by atoms with van der Waals surface area (Å²) in [5, 5.41) is -0.375. The number of alkyl halides is 3. The summed E-state index contributed by atoms with van der Waals surface area (Å²) in [4.78, 5) is 13.9. The molecule has 1 amide bonds. The molecule has 1 N–H and O–H groups in total. The highest BCUT2D eigenvalue weighted by Gasteiger charge is 2.33. The number of hydrogen-bond acceptors (Lipinski definition) is 4. The zero-order valence-corrected chi connectivity index (χ0v) is 18.2. The number of sulfonamides is 1. The predicted octanol–water partition coefficient (Wildman–Crippen LogP) is 4.41. The minimum Gasteiger partial charge on any atom is -0.372 e. The number of benzene rings is 2. The van der Waals surface area contributed by atoms with Crippen LogP contribution in [0.3, 0.4) is 0 Å². The molecule has 0 aliphatic carbocycles. The standard InChI is InChI=1S/C20H20ClF3N2O4S/c1-12-10-26(11-13(2)30-12)19(27)15-5-3-4-6-17(15)25-31(28,29)18-9-14(20(22,23)24)7-8-16(18)21/h3-9,12-13,25H,10-11H2,1-2H3/t12-,13-/m1/s1. The zero-order chi connectivity index (χ0) is 23.0. The lowest BCUT2D eigenvalue weighted by Crippen LogP contribution is -2.48. The van der Waals surface area contributed by atoms with Gasteiger partial charge in [0.2, 0.25) is 0 Å². The van der Waals surface area contributed by atoms with Crippen molar-refractivity contribution in [1.82, 2.24) is 4.90 Å². The highest BCUT2D eigenvalue weighted by molar-refractivity contribution is 7.92. The number of ether oxygens (including phenoxy) is 1. The molecular weight excluding hydrogens is 457 g/mol. The predicted molar refractivity (Wildman–Crippen MR) is 110 cm³/mol. The quantitative estimate of drug-likeness (QED) is 0.709. The van der Waals surface area contributed by atoms with Gasteiger partial charge in [-0.2, -0.15) is 13.2 Å². The average Bonchev–Trinajstić information content (AvgIpc) is 2.66. The maximum Gasteiger partial charge on any atom is 0.416 e. The van der Waals surface area contributed by atoms with Crippen LogP contribution < -0.4 is 4.72 Å². The SMILES string of the molecule is C[C@@H]1CN(C(=O)c2ccccc2NS(=O)(=O)c2cc(C(F)(F)F)ccc2Cl)C[C@@H](C)O1. The molecule has 0 aromatic heterocycles. The lowest BCUT2D eigenvalue weighted by Gasteiger charge is -2.35. The second-order valence-corrected chi connectivity index (χ2v) is 9.32. The van der Waals surface area contributed by atoms with E-state index in [1.807, 2.05) is 13.8 Å². The molecule has 2 aromatic rings. The van der Waals surface area contributed by atoms with Crippen LogP contribution in [-0.2, 0) is 20.9 Å². The number of rotatable bonds is 4. The Morgan fingerprint density at radius 1 is 1.13 bits per heavy atom. The van der Waals surface area contributed by atoms with Gasteiger partial charge in [-0.05, 0) is 44.2 Å². The molecule has 2 atom stereocenters. The molecule has 1 aliphatic heterocycles. The Morgan fingerprint density at radius 3 is 2.35 bits per heavy atom. The first kappa shape index (κ1) is 23.4. The fourth-order valence-electron chi connectivity index (χ4n) is 3.36. The third kappa shape index (κ3) is 5.31. The number of carbonyl (C=O) groups excluding carboxylic acids is 1. The molecule has 0 saturated carbocycles. The molecule has 0 unspecified atom stereocenters. The topological polar surface area (TPSA) is 75.7 Å². The molecular formula is C20H20ClF3N2O4S. The Balaban J connectivity index is 1.95. The fourth-order valence-corrected chi connectivity index (χ4v) is 4.96. The molecule has 31 heavy (non-hydrogen) atoms. The van der Waals surface area contributed by atoms with Gasteiger partial charge in [0.1, 0.15) is 4.90 Å². The van der Waals surface area contributed by atoms with E-state index >= 15 is 0 Å². The smallest absolute Gasteiger partial charge is 0.372 e. The van der Waals surface area contributed by atoms with E-state index in [4.69, 9.17) is 16.3 Å². The Bertz CT molecular complexity index is 1080. The summed E-state index contributed by atoms with van der Waals surface area (Å²) in [6.45, 7) is 4.29. The van der Waals surface area contributed by atoms with Crippen molar-refractivity contribution >= 4 is 33.2 Å². The lowest BCUT2D eigenvalue weighted by molar-refractivity contribution is -0.137. The lowest BCUT2D eigenvalue weighted by atomic mass is 10.1. The number of para-hydroxylation sites is 1. The summed E-state index contributed by atoms with van der Waals surface area (Å²) in [5.74, 6) is -0.421. The van der Waals surface area contributed by atoms with Crippen molar-refractivity contribution in [2.24, 2.45) is 0 Å². The molecule has 2 aromatic carbocycles. The van der Waals surface area contributed by atoms with Gasteiger partial charge < -0.3 is 9.64 Å². The van der Waals surface area contributed by atoms with Crippen molar-refractivity contribution in [2.75, 3.05) is 17.8 Å². The Morgan fingerprint density at radius 2 is 1.74 bits per heavy atom. The van der Waals surface area contributed by atoms with Gasteiger partial charge in [-0.25, -0.2) is 8.42 Å². The van der Waals surface area contributed by atoms with E-state index in [2.05, 4.69) is 4.72 Å². The summed E-state index contributed by atoms with van der Waals surface area (Å²) in [7, 11) is -4.51. The third-order valence-electron chi connectivity index (χ3n) is 4.66. The number of halogens is 4. The van der Waals surface area contributed by atoms with Crippen LogP contribution in [-0.4, -0.2) is 44.5 Å². The molecule has 0 spiro atoms. The van der Waals surface area contributed by atoms with Crippen LogP contribution in [0.1, 0.15) is 29.8 Å². The highest BCUT2D eigenvalue weighted by Crippen LogP contribution is 2.34. The largest absolute Gasteiger partial charge is 0.416 e. The van der Waals surface area contributed by atoms with E-state index in [0.717, 1.165) is 6.07 Å².